The van der Waals surface area contributed by atoms with Crippen LogP contribution in [0.25, 0.3) is 22.3 Å². The minimum Gasteiger partial charge on any atom is -0.394 e. The second kappa shape index (κ2) is 6.68. The maximum Gasteiger partial charge on any atom is 0.425 e. The van der Waals surface area contributed by atoms with Gasteiger partial charge < -0.3 is 10.2 Å². The van der Waals surface area contributed by atoms with Crippen molar-refractivity contribution in [2.75, 3.05) is 6.61 Å². The predicted molar refractivity (Wildman–Crippen MR) is 110 cm³/mol. The third-order valence-electron chi connectivity index (χ3n) is 6.88. The van der Waals surface area contributed by atoms with Crippen LogP contribution >= 0.6 is 0 Å². The topological polar surface area (TPSA) is 58.3 Å². The molecule has 3 aromatic rings. The van der Waals surface area contributed by atoms with Crippen molar-refractivity contribution in [3.05, 3.63) is 65.5 Å². The summed E-state index contributed by atoms with van der Waals surface area (Å²) in [6.07, 6.45) is 2.21. The highest BCUT2D eigenvalue weighted by atomic mass is 19.4. The first-order valence-electron chi connectivity index (χ1n) is 10.4. The van der Waals surface area contributed by atoms with Crippen molar-refractivity contribution in [3.8, 4) is 22.3 Å². The molecule has 31 heavy (non-hydrogen) atoms. The van der Waals surface area contributed by atoms with Crippen LogP contribution in [0.2, 0.25) is 0 Å². The molecule has 1 fully saturated rings. The van der Waals surface area contributed by atoms with Gasteiger partial charge >= 0.3 is 6.18 Å². The minimum atomic E-state index is -4.87. The van der Waals surface area contributed by atoms with E-state index in [9.17, 15) is 23.4 Å². The molecule has 4 nitrogen and oxygen atoms in total. The molecule has 0 amide bonds. The molecule has 2 aliphatic carbocycles. The fourth-order valence-corrected chi connectivity index (χ4v) is 5.27. The van der Waals surface area contributed by atoms with Crippen molar-refractivity contribution in [2.24, 2.45) is 0 Å². The predicted octanol–water partition coefficient (Wildman–Crippen LogP) is 4.90. The van der Waals surface area contributed by atoms with Crippen LogP contribution in [0.15, 0.2) is 48.8 Å². The van der Waals surface area contributed by atoms with Gasteiger partial charge in [-0.25, -0.2) is 0 Å². The lowest BCUT2D eigenvalue weighted by molar-refractivity contribution is -0.246. The largest absolute Gasteiger partial charge is 0.425 e. The summed E-state index contributed by atoms with van der Waals surface area (Å²) in [7, 11) is 0. The van der Waals surface area contributed by atoms with Crippen LogP contribution in [0.4, 0.5) is 13.2 Å². The normalized spacial score (nSPS) is 21.9. The van der Waals surface area contributed by atoms with Gasteiger partial charge in [0.05, 0.1) is 18.3 Å². The van der Waals surface area contributed by atoms with E-state index >= 15 is 0 Å². The molecule has 0 bridgehead atoms. The monoisotopic (exact) mass is 428 g/mol. The lowest BCUT2D eigenvalue weighted by Crippen LogP contribution is -2.41. The Hall–Kier alpha value is -2.64. The van der Waals surface area contributed by atoms with Gasteiger partial charge in [0.2, 0.25) is 5.60 Å². The van der Waals surface area contributed by atoms with E-state index in [1.54, 1.807) is 29.9 Å². The smallest absolute Gasteiger partial charge is 0.394 e. The standard InChI is InChI=1S/C24H23F3N2O2/c1-15-10-18(16-12-28-29(13-16)22(14-30)8-4-5-9-22)21-17-6-2-3-7-19(17)23(31,20(21)11-15)24(25,26)27/h2-3,6-7,10-13,30-31H,4-5,8-9,14H2,1H3/t23-/m1/s1. The molecule has 162 valence electrons. The summed E-state index contributed by atoms with van der Waals surface area (Å²) in [4.78, 5) is 0. The van der Waals surface area contributed by atoms with Crippen LogP contribution in [0, 0.1) is 6.92 Å². The Labute approximate surface area is 178 Å². The number of fused-ring (bicyclic) bond motifs is 3. The van der Waals surface area contributed by atoms with Gasteiger partial charge in [0.25, 0.3) is 0 Å². The van der Waals surface area contributed by atoms with Crippen molar-refractivity contribution in [3.63, 3.8) is 0 Å². The van der Waals surface area contributed by atoms with Crippen LogP contribution < -0.4 is 0 Å². The second-order valence-corrected chi connectivity index (χ2v) is 8.75. The van der Waals surface area contributed by atoms with Crippen molar-refractivity contribution < 1.29 is 23.4 Å². The Morgan fingerprint density at radius 2 is 1.77 bits per heavy atom. The van der Waals surface area contributed by atoms with Gasteiger partial charge in [0, 0.05) is 22.9 Å². The van der Waals surface area contributed by atoms with Gasteiger partial charge in [-0.15, -0.1) is 0 Å². The van der Waals surface area contributed by atoms with E-state index in [-0.39, 0.29) is 17.7 Å². The lowest BCUT2D eigenvalue weighted by atomic mass is 9.88. The molecule has 5 rings (SSSR count). The number of nitrogens with zero attached hydrogens (tertiary/aromatic N) is 2. The first-order valence-corrected chi connectivity index (χ1v) is 10.4. The van der Waals surface area contributed by atoms with Crippen LogP contribution in [0.1, 0.15) is 42.4 Å². The van der Waals surface area contributed by atoms with Gasteiger partial charge in [-0.1, -0.05) is 54.8 Å². The molecule has 0 saturated heterocycles. The highest BCUT2D eigenvalue weighted by molar-refractivity contribution is 5.92. The third-order valence-corrected chi connectivity index (χ3v) is 6.88. The second-order valence-electron chi connectivity index (χ2n) is 8.75. The number of aliphatic hydroxyl groups excluding tert-OH is 1. The molecule has 2 aromatic carbocycles. The van der Waals surface area contributed by atoms with Gasteiger partial charge in [-0.3, -0.25) is 4.68 Å². The van der Waals surface area contributed by atoms with Gasteiger partial charge in [-0.05, 0) is 36.5 Å². The highest BCUT2D eigenvalue weighted by Gasteiger charge is 2.61. The van der Waals surface area contributed by atoms with E-state index in [0.29, 0.717) is 27.8 Å². The van der Waals surface area contributed by atoms with Gasteiger partial charge in [0.15, 0.2) is 0 Å². The van der Waals surface area contributed by atoms with E-state index < -0.39 is 17.3 Å². The summed E-state index contributed by atoms with van der Waals surface area (Å²) in [6.45, 7) is 1.69. The Morgan fingerprint density at radius 1 is 1.06 bits per heavy atom. The maximum atomic E-state index is 14.2. The van der Waals surface area contributed by atoms with E-state index in [0.717, 1.165) is 25.7 Å². The minimum absolute atomic E-state index is 0.0310. The number of aliphatic hydroxyl groups is 2. The average Bonchev–Trinajstić information content (AvgIpc) is 3.46. The molecule has 0 unspecified atom stereocenters. The molecule has 2 N–H and O–H groups in total. The molecule has 1 aromatic heterocycles. The Bertz CT molecular complexity index is 1160. The highest BCUT2D eigenvalue weighted by Crippen LogP contribution is 2.57. The molecule has 1 saturated carbocycles. The summed E-state index contributed by atoms with van der Waals surface area (Å²) in [5.74, 6) is 0. The number of benzene rings is 2. The number of rotatable bonds is 3. The third kappa shape index (κ3) is 2.72. The zero-order valence-corrected chi connectivity index (χ0v) is 17.1. The summed E-state index contributed by atoms with van der Waals surface area (Å²) in [5.41, 5.74) is -1.19. The van der Waals surface area contributed by atoms with E-state index in [4.69, 9.17) is 0 Å². The van der Waals surface area contributed by atoms with Crippen molar-refractivity contribution in [1.82, 2.24) is 9.78 Å². The zero-order chi connectivity index (χ0) is 22.0. The molecule has 1 heterocycles. The number of hydrogen-bond acceptors (Lipinski definition) is 3. The summed E-state index contributed by atoms with van der Waals surface area (Å²) < 4.78 is 44.3. The fourth-order valence-electron chi connectivity index (χ4n) is 5.27. The molecule has 2 aliphatic rings. The molecule has 0 aliphatic heterocycles. The molecule has 1 atom stereocenters. The van der Waals surface area contributed by atoms with Crippen molar-refractivity contribution in [1.29, 1.82) is 0 Å². The van der Waals surface area contributed by atoms with E-state index in [1.807, 2.05) is 12.3 Å². The van der Waals surface area contributed by atoms with Gasteiger partial charge in [0.1, 0.15) is 0 Å². The summed E-state index contributed by atoms with van der Waals surface area (Å²) in [6, 6.07) is 9.40. The quantitative estimate of drug-likeness (QED) is 0.624. The van der Waals surface area contributed by atoms with Crippen molar-refractivity contribution in [2.45, 2.75) is 49.9 Å². The summed E-state index contributed by atoms with van der Waals surface area (Å²) >= 11 is 0. The van der Waals surface area contributed by atoms with Crippen LogP contribution in [0.3, 0.4) is 0 Å². The fraction of sp³-hybridized carbons (Fsp3) is 0.375. The number of hydrogen-bond donors (Lipinski definition) is 2. The zero-order valence-electron chi connectivity index (χ0n) is 17.1. The summed E-state index contributed by atoms with van der Waals surface area (Å²) in [5, 5.41) is 25.5. The van der Waals surface area contributed by atoms with Crippen LogP contribution in [-0.4, -0.2) is 32.8 Å². The Kier molecular flexibility index (Phi) is 4.37. The van der Waals surface area contributed by atoms with E-state index in [2.05, 4.69) is 5.10 Å². The number of aromatic nitrogens is 2. The molecular weight excluding hydrogens is 405 g/mol. The molecule has 0 spiro atoms. The first-order chi connectivity index (χ1) is 14.7. The number of aryl methyl sites for hydroxylation is 1. The van der Waals surface area contributed by atoms with Crippen LogP contribution in [0.5, 0.6) is 0 Å². The lowest BCUT2D eigenvalue weighted by Gasteiger charge is -2.28. The molecule has 7 heteroatoms. The molecule has 0 radical (unpaired) electrons. The molecular formula is C24H23F3N2O2. The number of halogens is 3. The van der Waals surface area contributed by atoms with E-state index in [1.165, 1.54) is 18.2 Å². The van der Waals surface area contributed by atoms with Crippen molar-refractivity contribution >= 4 is 0 Å². The maximum absolute atomic E-state index is 14.2. The van der Waals surface area contributed by atoms with Crippen LogP contribution in [-0.2, 0) is 11.1 Å². The number of alkyl halides is 3. The Balaban J connectivity index is 1.74. The van der Waals surface area contributed by atoms with Gasteiger partial charge in [-0.2, -0.15) is 18.3 Å². The first kappa shape index (κ1) is 20.3. The Morgan fingerprint density at radius 3 is 2.45 bits per heavy atom. The average molecular weight is 428 g/mol. The SMILES string of the molecule is Cc1cc(-c2cnn(C3(CO)CCCC3)c2)c2c(c1)[C@@](O)(C(F)(F)F)c1ccccc1-2.